The van der Waals surface area contributed by atoms with E-state index in [1.54, 1.807) is 6.07 Å². The Morgan fingerprint density at radius 3 is 2.17 bits per heavy atom. The fraction of sp³-hybridized carbons (Fsp3) is 0.235. The lowest BCUT2D eigenvalue weighted by Crippen LogP contribution is -2.46. The molecule has 0 aromatic heterocycles. The predicted molar refractivity (Wildman–Crippen MR) is 111 cm³/mol. The van der Waals surface area contributed by atoms with Gasteiger partial charge in [-0.3, -0.25) is 4.79 Å². The zero-order valence-corrected chi connectivity index (χ0v) is 18.4. The fourth-order valence-electron chi connectivity index (χ4n) is 2.21. The van der Waals surface area contributed by atoms with Gasteiger partial charge in [0.2, 0.25) is 26.0 Å². The summed E-state index contributed by atoms with van der Waals surface area (Å²) in [6.45, 7) is 1.25. The number of carbonyl (C=O) groups excluding carboxylic acids is 1. The van der Waals surface area contributed by atoms with Gasteiger partial charge in [-0.25, -0.2) is 21.6 Å². The highest BCUT2D eigenvalue weighted by molar-refractivity contribution is 7.89. The van der Waals surface area contributed by atoms with Crippen molar-refractivity contribution in [1.82, 2.24) is 14.8 Å². The van der Waals surface area contributed by atoms with Crippen LogP contribution in [0.2, 0.25) is 10.0 Å². The zero-order valence-electron chi connectivity index (χ0n) is 15.2. The van der Waals surface area contributed by atoms with E-state index in [2.05, 4.69) is 14.8 Å². The molecule has 158 valence electrons. The molecule has 2 aromatic carbocycles. The summed E-state index contributed by atoms with van der Waals surface area (Å²) in [6.07, 6.45) is 0. The molecule has 0 aliphatic rings. The highest BCUT2D eigenvalue weighted by Crippen LogP contribution is 2.15. The minimum Gasteiger partial charge on any atom is -0.353 e. The minimum atomic E-state index is -3.91. The second-order valence-electron chi connectivity index (χ2n) is 5.94. The molecule has 2 aromatic rings. The van der Waals surface area contributed by atoms with Crippen LogP contribution in [0.15, 0.2) is 58.3 Å². The Labute approximate surface area is 179 Å². The Hall–Kier alpha value is -1.69. The van der Waals surface area contributed by atoms with Gasteiger partial charge in [-0.05, 0) is 49.4 Å². The van der Waals surface area contributed by atoms with E-state index in [4.69, 9.17) is 23.2 Å². The van der Waals surface area contributed by atoms with Crippen molar-refractivity contribution in [2.24, 2.45) is 0 Å². The summed E-state index contributed by atoms with van der Waals surface area (Å²) in [7, 11) is -7.69. The first kappa shape index (κ1) is 23.6. The maximum atomic E-state index is 12.3. The van der Waals surface area contributed by atoms with E-state index in [0.29, 0.717) is 5.02 Å². The SMILES string of the molecule is C[C@H](NS(=O)(=O)c1ccc(Cl)cc1)C(=O)NCCNS(=O)(=O)c1cccc(Cl)c1. The number of carbonyl (C=O) groups is 1. The Kier molecular flexibility index (Phi) is 8.03. The summed E-state index contributed by atoms with van der Waals surface area (Å²) in [5.41, 5.74) is 0. The first-order valence-electron chi connectivity index (χ1n) is 8.32. The summed E-state index contributed by atoms with van der Waals surface area (Å²) >= 11 is 11.5. The molecule has 0 aliphatic carbocycles. The average molecular weight is 480 g/mol. The predicted octanol–water partition coefficient (Wildman–Crippen LogP) is 1.75. The number of hydrogen-bond donors (Lipinski definition) is 3. The van der Waals surface area contributed by atoms with Crippen LogP contribution in [0.25, 0.3) is 0 Å². The summed E-state index contributed by atoms with van der Waals surface area (Å²) < 4.78 is 53.4. The summed E-state index contributed by atoms with van der Waals surface area (Å²) in [4.78, 5) is 12.1. The van der Waals surface area contributed by atoms with E-state index in [-0.39, 0.29) is 27.9 Å². The number of rotatable bonds is 9. The third-order valence-corrected chi connectivity index (χ3v) is 7.17. The summed E-state index contributed by atoms with van der Waals surface area (Å²) in [5, 5.41) is 3.13. The van der Waals surface area contributed by atoms with Crippen LogP contribution in [0.4, 0.5) is 0 Å². The Morgan fingerprint density at radius 1 is 0.897 bits per heavy atom. The van der Waals surface area contributed by atoms with Gasteiger partial charge in [0.1, 0.15) is 0 Å². The molecule has 0 fully saturated rings. The van der Waals surface area contributed by atoms with E-state index < -0.39 is 32.0 Å². The van der Waals surface area contributed by atoms with Gasteiger partial charge in [0, 0.05) is 23.1 Å². The third-order valence-electron chi connectivity index (χ3n) is 3.67. The standard InChI is InChI=1S/C17H19Cl2N3O5S2/c1-12(22-29(26,27)15-7-5-13(18)6-8-15)17(23)20-9-10-21-28(24,25)16-4-2-3-14(19)11-16/h2-8,11-12,21-22H,9-10H2,1H3,(H,20,23)/t12-/m0/s1. The van der Waals surface area contributed by atoms with E-state index in [1.807, 2.05) is 0 Å². The average Bonchev–Trinajstić information content (AvgIpc) is 2.65. The Bertz CT molecular complexity index is 1070. The van der Waals surface area contributed by atoms with Gasteiger partial charge in [0.15, 0.2) is 0 Å². The van der Waals surface area contributed by atoms with Crippen molar-refractivity contribution in [3.63, 3.8) is 0 Å². The highest BCUT2D eigenvalue weighted by Gasteiger charge is 2.22. The number of halogens is 2. The van der Waals surface area contributed by atoms with Gasteiger partial charge < -0.3 is 5.32 Å². The lowest BCUT2D eigenvalue weighted by molar-refractivity contribution is -0.122. The molecule has 0 spiro atoms. The van der Waals surface area contributed by atoms with Crippen molar-refractivity contribution in [2.75, 3.05) is 13.1 Å². The first-order chi connectivity index (χ1) is 13.5. The van der Waals surface area contributed by atoms with Crippen LogP contribution in [0.1, 0.15) is 6.92 Å². The Morgan fingerprint density at radius 2 is 1.55 bits per heavy atom. The number of benzene rings is 2. The molecule has 0 radical (unpaired) electrons. The van der Waals surface area contributed by atoms with E-state index in [9.17, 15) is 21.6 Å². The summed E-state index contributed by atoms with van der Waals surface area (Å²) in [5.74, 6) is -0.607. The molecule has 12 heteroatoms. The number of sulfonamides is 2. The molecule has 1 amide bonds. The van der Waals surface area contributed by atoms with Gasteiger partial charge >= 0.3 is 0 Å². The van der Waals surface area contributed by atoms with Crippen molar-refractivity contribution in [2.45, 2.75) is 22.8 Å². The van der Waals surface area contributed by atoms with Crippen molar-refractivity contribution in [3.05, 3.63) is 58.6 Å². The van der Waals surface area contributed by atoms with Gasteiger partial charge in [-0.15, -0.1) is 0 Å². The van der Waals surface area contributed by atoms with Crippen molar-refractivity contribution in [3.8, 4) is 0 Å². The molecule has 8 nitrogen and oxygen atoms in total. The fourth-order valence-corrected chi connectivity index (χ4v) is 4.87. The lowest BCUT2D eigenvalue weighted by atomic mass is 10.3. The van der Waals surface area contributed by atoms with Crippen LogP contribution < -0.4 is 14.8 Å². The zero-order chi connectivity index (χ0) is 21.7. The quantitative estimate of drug-likeness (QED) is 0.473. The maximum Gasteiger partial charge on any atom is 0.241 e. The van der Waals surface area contributed by atoms with Crippen molar-refractivity contribution >= 4 is 49.2 Å². The van der Waals surface area contributed by atoms with Crippen LogP contribution in [0.5, 0.6) is 0 Å². The first-order valence-corrected chi connectivity index (χ1v) is 12.0. The maximum absolute atomic E-state index is 12.3. The van der Waals surface area contributed by atoms with Gasteiger partial charge in [0.05, 0.1) is 15.8 Å². The highest BCUT2D eigenvalue weighted by atomic mass is 35.5. The normalized spacial score (nSPS) is 13.1. The topological polar surface area (TPSA) is 121 Å². The molecule has 29 heavy (non-hydrogen) atoms. The molecule has 1 atom stereocenters. The molecule has 0 heterocycles. The van der Waals surface area contributed by atoms with Crippen LogP contribution >= 0.6 is 23.2 Å². The number of amides is 1. The lowest BCUT2D eigenvalue weighted by Gasteiger charge is -2.15. The van der Waals surface area contributed by atoms with Gasteiger partial charge in [-0.2, -0.15) is 4.72 Å². The third kappa shape index (κ3) is 6.95. The second kappa shape index (κ2) is 9.88. The van der Waals surface area contributed by atoms with Gasteiger partial charge in [-0.1, -0.05) is 29.3 Å². The molecule has 0 aliphatic heterocycles. The van der Waals surface area contributed by atoms with E-state index in [1.165, 1.54) is 49.4 Å². The molecule has 0 bridgehead atoms. The molecular formula is C17H19Cl2N3O5S2. The Balaban J connectivity index is 1.85. The van der Waals surface area contributed by atoms with E-state index in [0.717, 1.165) is 0 Å². The van der Waals surface area contributed by atoms with Crippen LogP contribution in [0, 0.1) is 0 Å². The molecule has 0 unspecified atom stereocenters. The monoisotopic (exact) mass is 479 g/mol. The smallest absolute Gasteiger partial charge is 0.241 e. The second-order valence-corrected chi connectivity index (χ2v) is 10.3. The molecule has 0 saturated heterocycles. The van der Waals surface area contributed by atoms with Crippen LogP contribution in [-0.2, 0) is 24.8 Å². The number of nitrogens with one attached hydrogen (secondary N) is 3. The van der Waals surface area contributed by atoms with Gasteiger partial charge in [0.25, 0.3) is 0 Å². The molecule has 3 N–H and O–H groups in total. The number of hydrogen-bond acceptors (Lipinski definition) is 5. The van der Waals surface area contributed by atoms with E-state index >= 15 is 0 Å². The van der Waals surface area contributed by atoms with Crippen molar-refractivity contribution < 1.29 is 21.6 Å². The molecule has 0 saturated carbocycles. The van der Waals surface area contributed by atoms with Crippen molar-refractivity contribution in [1.29, 1.82) is 0 Å². The largest absolute Gasteiger partial charge is 0.353 e. The molecule has 2 rings (SSSR count). The van der Waals surface area contributed by atoms with Crippen LogP contribution in [-0.4, -0.2) is 41.9 Å². The minimum absolute atomic E-state index is 0.000388. The van der Waals surface area contributed by atoms with Crippen LogP contribution in [0.3, 0.4) is 0 Å². The summed E-state index contributed by atoms with van der Waals surface area (Å²) in [6, 6.07) is 10.2. The molecular weight excluding hydrogens is 461 g/mol.